The SMILES string of the molecule is C/C(=C\c1c(Br)ccnc1C)CN1CCC(c2ccc(C(N)=O)cc2)CC1.CC.CC.CC(C)(C)C. The van der Waals surface area contributed by atoms with Gasteiger partial charge in [0.2, 0.25) is 5.91 Å². The number of aryl methyl sites for hydroxylation is 1. The topological polar surface area (TPSA) is 59.2 Å². The quantitative estimate of drug-likeness (QED) is 0.398. The van der Waals surface area contributed by atoms with E-state index in [1.807, 2.05) is 71.1 Å². The maximum Gasteiger partial charge on any atom is 0.248 e. The van der Waals surface area contributed by atoms with Crippen molar-refractivity contribution in [3.63, 3.8) is 0 Å². The Balaban J connectivity index is 0.00000119. The number of piperidine rings is 1. The van der Waals surface area contributed by atoms with Crippen LogP contribution < -0.4 is 5.73 Å². The Labute approximate surface area is 229 Å². The molecule has 4 nitrogen and oxygen atoms in total. The van der Waals surface area contributed by atoms with Crippen molar-refractivity contribution in [2.75, 3.05) is 19.6 Å². The Kier molecular flexibility index (Phi) is 16.5. The van der Waals surface area contributed by atoms with Gasteiger partial charge in [0.05, 0.1) is 0 Å². The Morgan fingerprint density at radius 3 is 2.00 bits per heavy atom. The number of nitrogens with zero attached hydrogens (tertiary/aromatic N) is 2. The standard InChI is InChI=1S/C22H26BrN3O.C5H12.2C2H6/c1-15(13-20-16(2)25-10-7-21(20)23)14-26-11-8-18(9-12-26)17-3-5-19(6-4-17)22(24)27;1-5(2,3)4;2*1-2/h3-7,10,13,18H,8-9,11-12,14H2,1-2H3,(H2,24,27);1-4H3;2*1-2H3/b15-13+;;;. The van der Waals surface area contributed by atoms with Gasteiger partial charge in [-0.25, -0.2) is 0 Å². The molecule has 2 heterocycles. The molecule has 36 heavy (non-hydrogen) atoms. The first-order valence-electron chi connectivity index (χ1n) is 13.3. The lowest BCUT2D eigenvalue weighted by atomic mass is 9.89. The average Bonchev–Trinajstić information content (AvgIpc) is 2.84. The molecule has 2 aromatic rings. The summed E-state index contributed by atoms with van der Waals surface area (Å²) in [5, 5.41) is 0. The predicted molar refractivity (Wildman–Crippen MR) is 162 cm³/mol. The van der Waals surface area contributed by atoms with E-state index in [2.05, 4.69) is 66.5 Å². The number of nitrogens with two attached hydrogens (primary N) is 1. The number of amides is 1. The van der Waals surface area contributed by atoms with Gasteiger partial charge in [-0.15, -0.1) is 0 Å². The molecule has 1 amide bonds. The summed E-state index contributed by atoms with van der Waals surface area (Å²) in [5.74, 6) is 0.191. The summed E-state index contributed by atoms with van der Waals surface area (Å²) < 4.78 is 1.09. The molecule has 0 bridgehead atoms. The first-order valence-corrected chi connectivity index (χ1v) is 14.1. The highest BCUT2D eigenvalue weighted by atomic mass is 79.9. The van der Waals surface area contributed by atoms with Crippen LogP contribution in [0.4, 0.5) is 0 Å². The van der Waals surface area contributed by atoms with Crippen LogP contribution in [0.15, 0.2) is 46.6 Å². The summed E-state index contributed by atoms with van der Waals surface area (Å²) in [7, 11) is 0. The van der Waals surface area contributed by atoms with Crippen LogP contribution in [0.25, 0.3) is 6.08 Å². The fraction of sp³-hybridized carbons (Fsp3) is 0.548. The Bertz CT molecular complexity index is 896. The van der Waals surface area contributed by atoms with Gasteiger partial charge in [-0.05, 0) is 74.9 Å². The number of carbonyl (C=O) groups excluding carboxylic acids is 1. The molecule has 0 radical (unpaired) electrons. The molecule has 2 N–H and O–H groups in total. The van der Waals surface area contributed by atoms with Crippen molar-refractivity contribution in [2.45, 2.75) is 88.0 Å². The maximum atomic E-state index is 11.2. The number of hydrogen-bond donors (Lipinski definition) is 1. The van der Waals surface area contributed by atoms with E-state index in [-0.39, 0.29) is 5.91 Å². The molecule has 0 spiro atoms. The van der Waals surface area contributed by atoms with Crippen LogP contribution in [0.2, 0.25) is 0 Å². The van der Waals surface area contributed by atoms with Crippen LogP contribution in [-0.2, 0) is 0 Å². The Morgan fingerprint density at radius 1 is 1.06 bits per heavy atom. The molecule has 1 saturated heterocycles. The van der Waals surface area contributed by atoms with Crippen molar-refractivity contribution in [3.8, 4) is 0 Å². The smallest absolute Gasteiger partial charge is 0.248 e. The Hall–Kier alpha value is -1.98. The largest absolute Gasteiger partial charge is 0.366 e. The van der Waals surface area contributed by atoms with Crippen molar-refractivity contribution in [3.05, 3.63) is 69.0 Å². The summed E-state index contributed by atoms with van der Waals surface area (Å²) >= 11 is 3.62. The average molecular weight is 561 g/mol. The van der Waals surface area contributed by atoms with Crippen LogP contribution in [0.1, 0.15) is 108 Å². The number of aromatic nitrogens is 1. The van der Waals surface area contributed by atoms with Gasteiger partial charge in [-0.3, -0.25) is 14.7 Å². The van der Waals surface area contributed by atoms with E-state index in [0.29, 0.717) is 16.9 Å². The second kappa shape index (κ2) is 17.5. The summed E-state index contributed by atoms with van der Waals surface area (Å²) in [5.41, 5.74) is 11.3. The monoisotopic (exact) mass is 559 g/mol. The van der Waals surface area contributed by atoms with Gasteiger partial charge in [0, 0.05) is 34.0 Å². The van der Waals surface area contributed by atoms with E-state index >= 15 is 0 Å². The van der Waals surface area contributed by atoms with E-state index in [9.17, 15) is 4.79 Å². The van der Waals surface area contributed by atoms with E-state index in [0.717, 1.165) is 42.6 Å². The third kappa shape index (κ3) is 13.4. The van der Waals surface area contributed by atoms with Gasteiger partial charge in [0.15, 0.2) is 0 Å². The van der Waals surface area contributed by atoms with Gasteiger partial charge in [0.1, 0.15) is 0 Å². The molecule has 1 fully saturated rings. The Morgan fingerprint density at radius 2 is 1.56 bits per heavy atom. The highest BCUT2D eigenvalue weighted by Gasteiger charge is 2.21. The van der Waals surface area contributed by atoms with Crippen LogP contribution >= 0.6 is 15.9 Å². The number of hydrogen-bond acceptors (Lipinski definition) is 3. The number of rotatable bonds is 5. The minimum Gasteiger partial charge on any atom is -0.366 e. The second-order valence-corrected chi connectivity index (χ2v) is 11.2. The van der Waals surface area contributed by atoms with E-state index < -0.39 is 0 Å². The number of carbonyl (C=O) groups is 1. The fourth-order valence-electron chi connectivity index (χ4n) is 3.71. The maximum absolute atomic E-state index is 11.2. The van der Waals surface area contributed by atoms with Gasteiger partial charge in [-0.2, -0.15) is 0 Å². The van der Waals surface area contributed by atoms with Gasteiger partial charge in [-0.1, -0.05) is 95.1 Å². The second-order valence-electron chi connectivity index (χ2n) is 10.3. The number of halogens is 1. The summed E-state index contributed by atoms with van der Waals surface area (Å²) in [6, 6.07) is 9.76. The molecule has 1 aromatic carbocycles. The third-order valence-corrected chi connectivity index (χ3v) is 5.95. The van der Waals surface area contributed by atoms with Crippen molar-refractivity contribution < 1.29 is 4.79 Å². The van der Waals surface area contributed by atoms with Crippen LogP contribution in [-0.4, -0.2) is 35.4 Å². The van der Waals surface area contributed by atoms with Crippen LogP contribution in [0, 0.1) is 12.3 Å². The molecular formula is C31H50BrN3O. The van der Waals surface area contributed by atoms with Gasteiger partial charge < -0.3 is 5.73 Å². The molecule has 1 aliphatic rings. The van der Waals surface area contributed by atoms with Crippen molar-refractivity contribution in [1.82, 2.24) is 9.88 Å². The van der Waals surface area contributed by atoms with Crippen LogP contribution in [0.5, 0.6) is 0 Å². The molecule has 202 valence electrons. The van der Waals surface area contributed by atoms with Gasteiger partial charge in [0.25, 0.3) is 0 Å². The molecule has 0 unspecified atom stereocenters. The third-order valence-electron chi connectivity index (χ3n) is 5.25. The number of primary amides is 1. The van der Waals surface area contributed by atoms with Gasteiger partial charge >= 0.3 is 0 Å². The first-order chi connectivity index (χ1) is 16.9. The number of pyridine rings is 1. The molecule has 1 aromatic heterocycles. The molecule has 0 saturated carbocycles. The lowest BCUT2D eigenvalue weighted by Crippen LogP contribution is -2.34. The molecule has 5 heteroatoms. The zero-order valence-corrected chi connectivity index (χ0v) is 26.0. The zero-order chi connectivity index (χ0) is 27.9. The predicted octanol–water partition coefficient (Wildman–Crippen LogP) is 8.64. The van der Waals surface area contributed by atoms with Crippen molar-refractivity contribution >= 4 is 27.9 Å². The highest BCUT2D eigenvalue weighted by molar-refractivity contribution is 9.10. The fourth-order valence-corrected chi connectivity index (χ4v) is 4.23. The van der Waals surface area contributed by atoms with Crippen molar-refractivity contribution in [1.29, 1.82) is 0 Å². The first kappa shape index (κ1) is 34.0. The molecular weight excluding hydrogens is 510 g/mol. The molecule has 0 atom stereocenters. The van der Waals surface area contributed by atoms with Crippen LogP contribution in [0.3, 0.4) is 0 Å². The summed E-state index contributed by atoms with van der Waals surface area (Å²) in [6.07, 6.45) is 6.34. The summed E-state index contributed by atoms with van der Waals surface area (Å²) in [4.78, 5) is 18.1. The molecule has 1 aliphatic heterocycles. The summed E-state index contributed by atoms with van der Waals surface area (Å²) in [6.45, 7) is 24.1. The zero-order valence-electron chi connectivity index (χ0n) is 24.4. The van der Waals surface area contributed by atoms with E-state index in [1.54, 1.807) is 0 Å². The van der Waals surface area contributed by atoms with E-state index in [1.165, 1.54) is 16.7 Å². The number of benzene rings is 1. The number of likely N-dealkylation sites (tertiary alicyclic amines) is 1. The lowest BCUT2D eigenvalue weighted by molar-refractivity contribution is 0.1000. The minimum atomic E-state index is -0.367. The van der Waals surface area contributed by atoms with Crippen molar-refractivity contribution in [2.24, 2.45) is 11.1 Å². The normalized spacial score (nSPS) is 14.4. The van der Waals surface area contributed by atoms with E-state index in [4.69, 9.17) is 5.73 Å². The lowest BCUT2D eigenvalue weighted by Gasteiger charge is -2.32. The minimum absolute atomic E-state index is 0.367. The molecule has 0 aliphatic carbocycles. The highest BCUT2D eigenvalue weighted by Crippen LogP contribution is 2.29. The molecule has 3 rings (SSSR count).